The fraction of sp³-hybridized carbons (Fsp3) is 0.500. The molecule has 0 aliphatic heterocycles. The number of carbonyl (C=O) groups excluding carboxylic acids is 4. The van der Waals surface area contributed by atoms with E-state index in [-0.39, 0.29) is 6.42 Å². The van der Waals surface area contributed by atoms with Gasteiger partial charge < -0.3 is 20.1 Å². The molecule has 0 bridgehead atoms. The number of nitrogens with zero attached hydrogens (tertiary/aromatic N) is 1. The van der Waals surface area contributed by atoms with Gasteiger partial charge in [0, 0.05) is 6.04 Å². The topological polar surface area (TPSA) is 114 Å². The number of hydrogen-bond donors (Lipinski definition) is 2. The summed E-state index contributed by atoms with van der Waals surface area (Å²) >= 11 is 1.49. The Morgan fingerprint density at radius 2 is 1.85 bits per heavy atom. The van der Waals surface area contributed by atoms with Crippen LogP contribution in [0.5, 0.6) is 0 Å². The zero-order valence-electron chi connectivity index (χ0n) is 20.5. The lowest BCUT2D eigenvalue weighted by Gasteiger charge is -2.31. The molecule has 0 aromatic heterocycles. The second-order valence-electron chi connectivity index (χ2n) is 8.37. The predicted molar refractivity (Wildman–Crippen MR) is 131 cm³/mol. The first-order valence-electron chi connectivity index (χ1n) is 10.6. The van der Waals surface area contributed by atoms with Gasteiger partial charge in [0.2, 0.25) is 5.91 Å². The van der Waals surface area contributed by atoms with Crippen LogP contribution in [0.15, 0.2) is 24.3 Å². The number of alkyl carbamates (subject to hydrolysis) is 1. The minimum Gasteiger partial charge on any atom is -0.468 e. The monoisotopic (exact) mass is 491 g/mol. The molecule has 0 saturated heterocycles. The average molecular weight is 492 g/mol. The van der Waals surface area contributed by atoms with Crippen molar-refractivity contribution >= 4 is 35.6 Å². The SMILES string of the molecule is C#CN(C(=O)C(CCSC)NC(=O)OC(C)(C)C)C(C(=O)NCC(=O)OC)c1ccccc1C. The third-order valence-corrected chi connectivity index (χ3v) is 5.24. The molecule has 34 heavy (non-hydrogen) atoms. The van der Waals surface area contributed by atoms with Crippen LogP contribution in [0.4, 0.5) is 4.79 Å². The van der Waals surface area contributed by atoms with E-state index in [0.29, 0.717) is 11.3 Å². The molecule has 0 spiro atoms. The number of ether oxygens (including phenoxy) is 2. The fourth-order valence-electron chi connectivity index (χ4n) is 3.00. The number of benzene rings is 1. The lowest BCUT2D eigenvalue weighted by atomic mass is 9.98. The number of esters is 1. The highest BCUT2D eigenvalue weighted by Crippen LogP contribution is 2.25. The Morgan fingerprint density at radius 1 is 1.21 bits per heavy atom. The molecule has 0 saturated carbocycles. The van der Waals surface area contributed by atoms with Crippen molar-refractivity contribution in [2.75, 3.05) is 25.7 Å². The minimum absolute atomic E-state index is 0.266. The lowest BCUT2D eigenvalue weighted by Crippen LogP contribution is -2.52. The van der Waals surface area contributed by atoms with Gasteiger partial charge in [0.25, 0.3) is 5.91 Å². The molecule has 0 aliphatic carbocycles. The molecule has 1 rings (SSSR count). The van der Waals surface area contributed by atoms with Crippen LogP contribution < -0.4 is 10.6 Å². The Bertz CT molecular complexity index is 922. The highest BCUT2D eigenvalue weighted by atomic mass is 32.2. The molecule has 3 amide bonds. The summed E-state index contributed by atoms with van der Waals surface area (Å²) in [6.45, 7) is 6.51. The molecular weight excluding hydrogens is 458 g/mol. The summed E-state index contributed by atoms with van der Waals surface area (Å²) in [7, 11) is 1.20. The molecule has 1 aromatic rings. The molecule has 2 atom stereocenters. The van der Waals surface area contributed by atoms with Crippen molar-refractivity contribution in [3.05, 3.63) is 35.4 Å². The van der Waals surface area contributed by atoms with Crippen LogP contribution in [0, 0.1) is 19.4 Å². The summed E-state index contributed by atoms with van der Waals surface area (Å²) in [5.41, 5.74) is 0.437. The second-order valence-corrected chi connectivity index (χ2v) is 9.36. The summed E-state index contributed by atoms with van der Waals surface area (Å²) in [5.74, 6) is -1.41. The zero-order chi connectivity index (χ0) is 25.9. The highest BCUT2D eigenvalue weighted by molar-refractivity contribution is 7.98. The van der Waals surface area contributed by atoms with E-state index in [2.05, 4.69) is 21.4 Å². The Kier molecular flexibility index (Phi) is 11.5. The Balaban J connectivity index is 3.34. The van der Waals surface area contributed by atoms with E-state index in [0.717, 1.165) is 10.5 Å². The van der Waals surface area contributed by atoms with Gasteiger partial charge >= 0.3 is 12.1 Å². The van der Waals surface area contributed by atoms with Crippen LogP contribution >= 0.6 is 11.8 Å². The molecule has 2 unspecified atom stereocenters. The van der Waals surface area contributed by atoms with Gasteiger partial charge in [0.05, 0.1) is 7.11 Å². The normalized spacial score (nSPS) is 12.5. The van der Waals surface area contributed by atoms with E-state index in [4.69, 9.17) is 11.2 Å². The van der Waals surface area contributed by atoms with Gasteiger partial charge in [-0.25, -0.2) is 4.79 Å². The van der Waals surface area contributed by atoms with Crippen LogP contribution in [0.2, 0.25) is 0 Å². The number of amides is 3. The average Bonchev–Trinajstić information content (AvgIpc) is 2.77. The molecule has 0 radical (unpaired) electrons. The third kappa shape index (κ3) is 8.98. The predicted octanol–water partition coefficient (Wildman–Crippen LogP) is 2.39. The van der Waals surface area contributed by atoms with Gasteiger partial charge in [-0.05, 0) is 57.3 Å². The van der Waals surface area contributed by atoms with Gasteiger partial charge in [-0.2, -0.15) is 11.8 Å². The van der Waals surface area contributed by atoms with E-state index in [9.17, 15) is 19.2 Å². The van der Waals surface area contributed by atoms with Crippen molar-refractivity contribution in [1.82, 2.24) is 15.5 Å². The van der Waals surface area contributed by atoms with Crippen LogP contribution in [-0.4, -0.2) is 66.1 Å². The maximum Gasteiger partial charge on any atom is 0.408 e. The number of methoxy groups -OCH3 is 1. The van der Waals surface area contributed by atoms with E-state index in [1.165, 1.54) is 18.9 Å². The second kappa shape index (κ2) is 13.5. The molecule has 0 fully saturated rings. The molecule has 186 valence electrons. The van der Waals surface area contributed by atoms with E-state index >= 15 is 0 Å². The molecule has 9 nitrogen and oxygen atoms in total. The van der Waals surface area contributed by atoms with Crippen molar-refractivity contribution in [1.29, 1.82) is 0 Å². The highest BCUT2D eigenvalue weighted by Gasteiger charge is 2.36. The smallest absolute Gasteiger partial charge is 0.408 e. The number of hydrogen-bond acceptors (Lipinski definition) is 7. The third-order valence-electron chi connectivity index (χ3n) is 4.60. The number of carbonyl (C=O) groups is 4. The van der Waals surface area contributed by atoms with Crippen molar-refractivity contribution in [2.45, 2.75) is 51.8 Å². The maximum atomic E-state index is 13.5. The Morgan fingerprint density at radius 3 is 2.38 bits per heavy atom. The Hall–Kier alpha value is -3.19. The van der Waals surface area contributed by atoms with Crippen LogP contribution in [0.1, 0.15) is 44.4 Å². The van der Waals surface area contributed by atoms with Gasteiger partial charge in [-0.15, -0.1) is 0 Å². The van der Waals surface area contributed by atoms with Gasteiger partial charge in [-0.3, -0.25) is 19.3 Å². The lowest BCUT2D eigenvalue weighted by molar-refractivity contribution is -0.142. The largest absolute Gasteiger partial charge is 0.468 e. The maximum absolute atomic E-state index is 13.5. The number of nitrogens with one attached hydrogen (secondary N) is 2. The summed E-state index contributed by atoms with van der Waals surface area (Å²) in [6, 6.07) is 6.98. The molecule has 10 heteroatoms. The zero-order valence-corrected chi connectivity index (χ0v) is 21.3. The van der Waals surface area contributed by atoms with Gasteiger partial charge in [0.15, 0.2) is 0 Å². The summed E-state index contributed by atoms with van der Waals surface area (Å²) in [5, 5.41) is 5.04. The first kappa shape index (κ1) is 28.8. The number of terminal acetylenes is 1. The number of rotatable bonds is 10. The summed E-state index contributed by atoms with van der Waals surface area (Å²) in [4.78, 5) is 51.6. The Labute approximate surface area is 205 Å². The van der Waals surface area contributed by atoms with Crippen molar-refractivity contribution < 1.29 is 28.7 Å². The summed E-state index contributed by atoms with van der Waals surface area (Å²) < 4.78 is 9.86. The number of aryl methyl sites for hydroxylation is 1. The quantitative estimate of drug-likeness (QED) is 0.293. The first-order valence-corrected chi connectivity index (χ1v) is 12.0. The van der Waals surface area contributed by atoms with Crippen molar-refractivity contribution in [3.63, 3.8) is 0 Å². The van der Waals surface area contributed by atoms with Crippen LogP contribution in [-0.2, 0) is 23.9 Å². The van der Waals surface area contributed by atoms with Crippen LogP contribution in [0.3, 0.4) is 0 Å². The summed E-state index contributed by atoms with van der Waals surface area (Å²) in [6.07, 6.45) is 7.07. The van der Waals surface area contributed by atoms with Crippen LogP contribution in [0.25, 0.3) is 0 Å². The van der Waals surface area contributed by atoms with E-state index in [1.807, 2.05) is 6.26 Å². The first-order chi connectivity index (χ1) is 15.9. The van der Waals surface area contributed by atoms with Crippen molar-refractivity contribution in [2.24, 2.45) is 0 Å². The molecule has 2 N–H and O–H groups in total. The van der Waals surface area contributed by atoms with Crippen molar-refractivity contribution in [3.8, 4) is 12.5 Å². The standard InChI is InChI=1S/C24H33N3O6S/c1-8-27(22(30)18(13-14-34-7)26-23(31)33-24(3,4)5)20(17-12-10-9-11-16(17)2)21(29)25-15-19(28)32-6/h1,9-12,18,20H,13-15H2,2-7H3,(H,25,29)(H,26,31). The minimum atomic E-state index is -1.24. The van der Waals surface area contributed by atoms with Gasteiger partial charge in [0.1, 0.15) is 24.2 Å². The fourth-order valence-corrected chi connectivity index (χ4v) is 3.47. The molecule has 1 aromatic carbocycles. The van der Waals surface area contributed by atoms with Gasteiger partial charge in [-0.1, -0.05) is 30.7 Å². The van der Waals surface area contributed by atoms with E-state index in [1.54, 1.807) is 52.0 Å². The molecule has 0 aliphatic rings. The van der Waals surface area contributed by atoms with E-state index < -0.39 is 48.1 Å². The molecule has 0 heterocycles. The molecular formula is C24H33N3O6S. The number of thioether (sulfide) groups is 1.